The Hall–Kier alpha value is -2.17. The summed E-state index contributed by atoms with van der Waals surface area (Å²) in [7, 11) is 0. The monoisotopic (exact) mass is 327 g/mol. The number of carbonyl (C=O) groups excluding carboxylic acids is 2. The van der Waals surface area contributed by atoms with Crippen molar-refractivity contribution >= 4 is 11.8 Å². The highest BCUT2D eigenvalue weighted by molar-refractivity contribution is 5.95. The quantitative estimate of drug-likeness (QED) is 0.784. The van der Waals surface area contributed by atoms with Crippen LogP contribution in [0, 0.1) is 0 Å². The predicted molar refractivity (Wildman–Crippen MR) is 92.7 cm³/mol. The summed E-state index contributed by atoms with van der Waals surface area (Å²) in [5, 5.41) is 0. The maximum Gasteiger partial charge on any atom is 0.254 e. The Balaban J connectivity index is 1.82. The molecule has 2 aliphatic rings. The zero-order chi connectivity index (χ0) is 17.5. The molecule has 0 radical (unpaired) electrons. The molecule has 5 heteroatoms. The van der Waals surface area contributed by atoms with E-state index >= 15 is 0 Å². The summed E-state index contributed by atoms with van der Waals surface area (Å²) in [5.41, 5.74) is 1.32. The van der Waals surface area contributed by atoms with Crippen LogP contribution < -0.4 is 0 Å². The largest absolute Gasteiger partial charge is 0.335 e. The molecule has 0 unspecified atom stereocenters. The van der Waals surface area contributed by atoms with Gasteiger partial charge in [-0.2, -0.15) is 0 Å². The van der Waals surface area contributed by atoms with Gasteiger partial charge in [0, 0.05) is 42.5 Å². The third-order valence-electron chi connectivity index (χ3n) is 4.99. The number of hydrogen-bond donors (Lipinski definition) is 0. The van der Waals surface area contributed by atoms with Crippen molar-refractivity contribution in [3.63, 3.8) is 0 Å². The number of amides is 2. The predicted octanol–water partition coefficient (Wildman–Crippen LogP) is 2.38. The third-order valence-corrected chi connectivity index (χ3v) is 4.99. The number of pyridine rings is 1. The molecule has 0 atom stereocenters. The first kappa shape index (κ1) is 16.7. The van der Waals surface area contributed by atoms with Gasteiger partial charge in [-0.1, -0.05) is 27.4 Å². The highest BCUT2D eigenvalue weighted by atomic mass is 16.2. The van der Waals surface area contributed by atoms with Crippen LogP contribution >= 0.6 is 0 Å². The zero-order valence-corrected chi connectivity index (χ0v) is 14.7. The van der Waals surface area contributed by atoms with Crippen LogP contribution in [0.25, 0.3) is 0 Å². The van der Waals surface area contributed by atoms with Gasteiger partial charge in [0.25, 0.3) is 5.91 Å². The van der Waals surface area contributed by atoms with Gasteiger partial charge in [0.2, 0.25) is 5.91 Å². The van der Waals surface area contributed by atoms with Crippen molar-refractivity contribution in [1.29, 1.82) is 0 Å². The summed E-state index contributed by atoms with van der Waals surface area (Å²) < 4.78 is 0. The summed E-state index contributed by atoms with van der Waals surface area (Å²) in [6, 6.07) is 3.69. The lowest BCUT2D eigenvalue weighted by molar-refractivity contribution is -0.129. The van der Waals surface area contributed by atoms with Crippen molar-refractivity contribution in [3.8, 4) is 0 Å². The Morgan fingerprint density at radius 3 is 2.58 bits per heavy atom. The van der Waals surface area contributed by atoms with E-state index in [-0.39, 0.29) is 22.8 Å². The van der Waals surface area contributed by atoms with Crippen molar-refractivity contribution in [2.75, 3.05) is 19.6 Å². The third kappa shape index (κ3) is 2.95. The van der Waals surface area contributed by atoms with Crippen molar-refractivity contribution in [3.05, 3.63) is 42.2 Å². The number of nitrogens with zero attached hydrogens (tertiary/aromatic N) is 3. The van der Waals surface area contributed by atoms with Gasteiger partial charge in [-0.3, -0.25) is 14.6 Å². The van der Waals surface area contributed by atoms with Gasteiger partial charge in [-0.25, -0.2) is 0 Å². The molecule has 1 saturated heterocycles. The molecule has 1 aromatic rings. The molecule has 24 heavy (non-hydrogen) atoms. The van der Waals surface area contributed by atoms with E-state index in [9.17, 15) is 9.59 Å². The van der Waals surface area contributed by atoms with Crippen LogP contribution in [0.4, 0.5) is 0 Å². The highest BCUT2D eigenvalue weighted by Crippen LogP contribution is 2.45. The Morgan fingerprint density at radius 2 is 2.00 bits per heavy atom. The van der Waals surface area contributed by atoms with E-state index < -0.39 is 0 Å². The summed E-state index contributed by atoms with van der Waals surface area (Å²) in [6.45, 7) is 11.6. The molecule has 2 fully saturated rings. The number of aromatic nitrogens is 1. The molecule has 1 aliphatic carbocycles. The number of hydrogen-bond acceptors (Lipinski definition) is 3. The van der Waals surface area contributed by atoms with Crippen LogP contribution in [0.15, 0.2) is 31.0 Å². The second kappa shape index (κ2) is 5.72. The lowest BCUT2D eigenvalue weighted by Crippen LogP contribution is -2.58. The minimum absolute atomic E-state index is 0.0473. The molecule has 1 spiro atoms. The van der Waals surface area contributed by atoms with E-state index in [0.29, 0.717) is 25.2 Å². The molecule has 2 heterocycles. The maximum absolute atomic E-state index is 13.1. The first-order valence-electron chi connectivity index (χ1n) is 8.47. The van der Waals surface area contributed by atoms with E-state index in [1.165, 1.54) is 6.08 Å². The summed E-state index contributed by atoms with van der Waals surface area (Å²) in [5.74, 6) is -0.00148. The van der Waals surface area contributed by atoms with Gasteiger partial charge in [-0.05, 0) is 31.1 Å². The molecule has 0 aromatic carbocycles. The van der Waals surface area contributed by atoms with E-state index in [0.717, 1.165) is 18.5 Å². The van der Waals surface area contributed by atoms with Crippen LogP contribution in [-0.4, -0.2) is 51.8 Å². The molecule has 5 nitrogen and oxygen atoms in total. The van der Waals surface area contributed by atoms with Crippen LogP contribution in [0.5, 0.6) is 0 Å². The van der Waals surface area contributed by atoms with Gasteiger partial charge < -0.3 is 9.80 Å². The van der Waals surface area contributed by atoms with Crippen LogP contribution in [-0.2, 0) is 10.2 Å². The second-order valence-electron chi connectivity index (χ2n) is 7.82. The molecular weight excluding hydrogens is 302 g/mol. The summed E-state index contributed by atoms with van der Waals surface area (Å²) >= 11 is 0. The van der Waals surface area contributed by atoms with E-state index in [2.05, 4.69) is 32.3 Å². The average molecular weight is 327 g/mol. The maximum atomic E-state index is 13.1. The lowest BCUT2D eigenvalue weighted by atomic mass is 9.90. The van der Waals surface area contributed by atoms with Gasteiger partial charge in [0.15, 0.2) is 0 Å². The number of rotatable bonds is 2. The van der Waals surface area contributed by atoms with Crippen molar-refractivity contribution in [1.82, 2.24) is 14.8 Å². The zero-order valence-electron chi connectivity index (χ0n) is 14.7. The van der Waals surface area contributed by atoms with E-state index in [1.54, 1.807) is 17.2 Å². The van der Waals surface area contributed by atoms with Gasteiger partial charge in [0.1, 0.15) is 0 Å². The van der Waals surface area contributed by atoms with Crippen molar-refractivity contribution < 1.29 is 9.59 Å². The molecule has 0 bridgehead atoms. The molecular formula is C19H25N3O2. The van der Waals surface area contributed by atoms with Crippen LogP contribution in [0.3, 0.4) is 0 Å². The molecule has 1 saturated carbocycles. The van der Waals surface area contributed by atoms with Gasteiger partial charge in [0.05, 0.1) is 5.54 Å². The number of carbonyl (C=O) groups is 2. The molecule has 1 aromatic heterocycles. The fraction of sp³-hybridized carbons (Fsp3) is 0.526. The topological polar surface area (TPSA) is 53.5 Å². The average Bonchev–Trinajstić information content (AvgIpc) is 3.32. The van der Waals surface area contributed by atoms with Gasteiger partial charge >= 0.3 is 0 Å². The van der Waals surface area contributed by atoms with Crippen LogP contribution in [0.1, 0.15) is 49.7 Å². The fourth-order valence-corrected chi connectivity index (χ4v) is 3.31. The minimum Gasteiger partial charge on any atom is -0.335 e. The normalized spacial score (nSPS) is 19.3. The lowest BCUT2D eigenvalue weighted by Gasteiger charge is -2.42. The molecule has 2 amide bonds. The first-order valence-corrected chi connectivity index (χ1v) is 8.47. The SMILES string of the molecule is C=CC(=O)N1CCN(C(=O)c2ccnc(C(C)(C)C)c2)C2(CC2)C1. The summed E-state index contributed by atoms with van der Waals surface area (Å²) in [4.78, 5) is 33.1. The van der Waals surface area contributed by atoms with Crippen molar-refractivity contribution in [2.45, 2.75) is 44.6 Å². The Bertz CT molecular complexity index is 686. The molecule has 128 valence electrons. The molecule has 1 aliphatic heterocycles. The van der Waals surface area contributed by atoms with Crippen molar-refractivity contribution in [2.24, 2.45) is 0 Å². The molecule has 3 rings (SSSR count). The Kier molecular flexibility index (Phi) is 3.98. The fourth-order valence-electron chi connectivity index (χ4n) is 3.31. The van der Waals surface area contributed by atoms with E-state index in [1.807, 2.05) is 11.0 Å². The minimum atomic E-state index is -0.181. The smallest absolute Gasteiger partial charge is 0.254 e. The van der Waals surface area contributed by atoms with Crippen LogP contribution in [0.2, 0.25) is 0 Å². The summed E-state index contributed by atoms with van der Waals surface area (Å²) in [6.07, 6.45) is 4.98. The Morgan fingerprint density at radius 1 is 1.29 bits per heavy atom. The van der Waals surface area contributed by atoms with E-state index in [4.69, 9.17) is 0 Å². The highest BCUT2D eigenvalue weighted by Gasteiger charge is 2.53. The number of piperazine rings is 1. The molecule has 0 N–H and O–H groups in total. The standard InChI is InChI=1S/C19H25N3O2/c1-5-16(23)21-10-11-22(19(13-21)7-8-19)17(24)14-6-9-20-15(12-14)18(2,3)4/h5-6,9,12H,1,7-8,10-11,13H2,2-4H3. The second-order valence-corrected chi connectivity index (χ2v) is 7.82. The Labute approximate surface area is 143 Å². The van der Waals surface area contributed by atoms with Gasteiger partial charge in [-0.15, -0.1) is 0 Å². The first-order chi connectivity index (χ1) is 11.3.